The summed E-state index contributed by atoms with van der Waals surface area (Å²) in [5, 5.41) is 8.75. The van der Waals surface area contributed by atoms with Crippen molar-refractivity contribution in [3.8, 4) is 5.82 Å². The number of benzene rings is 1. The minimum Gasteiger partial charge on any atom is -0.306 e. The molecular formula is C20H22N6. The van der Waals surface area contributed by atoms with Crippen molar-refractivity contribution in [2.24, 2.45) is 0 Å². The van der Waals surface area contributed by atoms with E-state index in [2.05, 4.69) is 56.2 Å². The largest absolute Gasteiger partial charge is 0.306 e. The van der Waals surface area contributed by atoms with Gasteiger partial charge in [0.1, 0.15) is 5.82 Å². The smallest absolute Gasteiger partial charge is 0.184 e. The third-order valence-electron chi connectivity index (χ3n) is 4.28. The zero-order valence-electron chi connectivity index (χ0n) is 15.5. The zero-order chi connectivity index (χ0) is 18.3. The molecule has 4 aromatic rings. The number of hydrogen-bond donors (Lipinski definition) is 0. The fourth-order valence-corrected chi connectivity index (χ4v) is 2.86. The van der Waals surface area contributed by atoms with Gasteiger partial charge in [-0.15, -0.1) is 5.10 Å². The van der Waals surface area contributed by atoms with Gasteiger partial charge in [-0.1, -0.05) is 56.3 Å². The highest BCUT2D eigenvalue weighted by Crippen LogP contribution is 2.25. The number of aryl methyl sites for hydroxylation is 1. The van der Waals surface area contributed by atoms with Crippen LogP contribution in [0, 0.1) is 6.92 Å². The Morgan fingerprint density at radius 3 is 2.42 bits per heavy atom. The van der Waals surface area contributed by atoms with Crippen LogP contribution < -0.4 is 0 Å². The highest BCUT2D eigenvalue weighted by Gasteiger charge is 2.23. The Bertz CT molecular complexity index is 1050. The molecule has 0 atom stereocenters. The normalized spacial score (nSPS) is 12.0. The maximum absolute atomic E-state index is 4.81. The lowest BCUT2D eigenvalue weighted by atomic mass is 9.96. The molecule has 26 heavy (non-hydrogen) atoms. The maximum Gasteiger partial charge on any atom is 0.184 e. The highest BCUT2D eigenvalue weighted by molar-refractivity contribution is 5.78. The Balaban J connectivity index is 1.91. The molecule has 0 amide bonds. The van der Waals surface area contributed by atoms with Crippen molar-refractivity contribution in [1.82, 2.24) is 29.5 Å². The first-order valence-electron chi connectivity index (χ1n) is 8.72. The number of rotatable bonds is 3. The monoisotopic (exact) mass is 346 g/mol. The molecule has 0 spiro atoms. The van der Waals surface area contributed by atoms with Crippen LogP contribution in [0.1, 0.15) is 37.7 Å². The first-order chi connectivity index (χ1) is 12.4. The van der Waals surface area contributed by atoms with E-state index >= 15 is 0 Å². The predicted octanol–water partition coefficient (Wildman–Crippen LogP) is 3.67. The molecule has 0 radical (unpaired) electrons. The van der Waals surface area contributed by atoms with E-state index in [-0.39, 0.29) is 5.41 Å². The van der Waals surface area contributed by atoms with E-state index in [9.17, 15) is 0 Å². The molecule has 0 fully saturated rings. The Kier molecular flexibility index (Phi) is 3.83. The van der Waals surface area contributed by atoms with E-state index in [1.807, 2.05) is 39.8 Å². The first-order valence-corrected chi connectivity index (χ1v) is 8.72. The van der Waals surface area contributed by atoms with Crippen LogP contribution in [0.2, 0.25) is 0 Å². The molecule has 4 rings (SSSR count). The summed E-state index contributed by atoms with van der Waals surface area (Å²) >= 11 is 0. The molecule has 6 nitrogen and oxygen atoms in total. The number of hydrogen-bond acceptors (Lipinski definition) is 4. The summed E-state index contributed by atoms with van der Waals surface area (Å²) in [6.07, 6.45) is 4.05. The summed E-state index contributed by atoms with van der Waals surface area (Å²) in [6.45, 7) is 9.03. The number of aromatic nitrogens is 6. The Morgan fingerprint density at radius 2 is 1.77 bits per heavy atom. The quantitative estimate of drug-likeness (QED) is 0.568. The summed E-state index contributed by atoms with van der Waals surface area (Å²) in [5.41, 5.74) is 3.63. The van der Waals surface area contributed by atoms with Crippen LogP contribution in [0.25, 0.3) is 17.0 Å². The van der Waals surface area contributed by atoms with Crippen LogP contribution >= 0.6 is 0 Å². The summed E-state index contributed by atoms with van der Waals surface area (Å²) in [4.78, 5) is 9.62. The lowest BCUT2D eigenvalue weighted by Gasteiger charge is -2.17. The average Bonchev–Trinajstić information content (AvgIpc) is 3.21. The zero-order valence-corrected chi connectivity index (χ0v) is 15.5. The Morgan fingerprint density at radius 1 is 1.00 bits per heavy atom. The summed E-state index contributed by atoms with van der Waals surface area (Å²) in [6, 6.07) is 12.3. The Hall–Kier alpha value is -3.02. The molecule has 0 aliphatic heterocycles. The molecule has 3 heterocycles. The standard InChI is InChI=1S/C20H22N6/c1-14-10-11-25(12-14)17-16-18(22-19(21-17)20(2,3)4)26(24-23-16)13-15-8-6-5-7-9-15/h5-12H,13H2,1-4H3. The van der Waals surface area contributed by atoms with E-state index in [1.165, 1.54) is 5.56 Å². The summed E-state index contributed by atoms with van der Waals surface area (Å²) in [5.74, 6) is 1.55. The fourth-order valence-electron chi connectivity index (χ4n) is 2.86. The van der Waals surface area contributed by atoms with E-state index in [0.717, 1.165) is 22.9 Å². The lowest BCUT2D eigenvalue weighted by molar-refractivity contribution is 0.544. The Labute approximate surface area is 152 Å². The van der Waals surface area contributed by atoms with Crippen LogP contribution in [0.4, 0.5) is 0 Å². The van der Waals surface area contributed by atoms with Crippen molar-refractivity contribution in [3.63, 3.8) is 0 Å². The van der Waals surface area contributed by atoms with Gasteiger partial charge in [-0.3, -0.25) is 0 Å². The minimum atomic E-state index is -0.174. The molecule has 0 N–H and O–H groups in total. The minimum absolute atomic E-state index is 0.174. The van der Waals surface area contributed by atoms with Crippen molar-refractivity contribution < 1.29 is 0 Å². The molecule has 6 heteroatoms. The number of fused-ring (bicyclic) bond motifs is 1. The molecule has 0 saturated heterocycles. The molecule has 0 aliphatic rings. The van der Waals surface area contributed by atoms with E-state index in [0.29, 0.717) is 12.1 Å². The van der Waals surface area contributed by atoms with Crippen molar-refractivity contribution in [2.45, 2.75) is 39.7 Å². The van der Waals surface area contributed by atoms with Gasteiger partial charge >= 0.3 is 0 Å². The van der Waals surface area contributed by atoms with Crippen LogP contribution in [0.3, 0.4) is 0 Å². The summed E-state index contributed by atoms with van der Waals surface area (Å²) in [7, 11) is 0. The van der Waals surface area contributed by atoms with E-state index in [1.54, 1.807) is 0 Å². The van der Waals surface area contributed by atoms with Gasteiger partial charge in [-0.25, -0.2) is 14.6 Å². The second-order valence-electron chi connectivity index (χ2n) is 7.62. The topological polar surface area (TPSA) is 61.4 Å². The molecule has 0 aliphatic carbocycles. The molecule has 3 aromatic heterocycles. The van der Waals surface area contributed by atoms with Gasteiger partial charge < -0.3 is 4.57 Å². The lowest BCUT2D eigenvalue weighted by Crippen LogP contribution is -2.18. The third kappa shape index (κ3) is 2.98. The second-order valence-corrected chi connectivity index (χ2v) is 7.62. The summed E-state index contributed by atoms with van der Waals surface area (Å²) < 4.78 is 3.84. The maximum atomic E-state index is 4.81. The molecule has 0 bridgehead atoms. The SMILES string of the molecule is Cc1ccn(-c2nc(C(C)(C)C)nc3c2nnn3Cc2ccccc2)c1. The van der Waals surface area contributed by atoms with Crippen LogP contribution in [-0.4, -0.2) is 29.5 Å². The average molecular weight is 346 g/mol. The van der Waals surface area contributed by atoms with Crippen LogP contribution in [-0.2, 0) is 12.0 Å². The van der Waals surface area contributed by atoms with Crippen molar-refractivity contribution in [2.75, 3.05) is 0 Å². The molecule has 0 saturated carbocycles. The van der Waals surface area contributed by atoms with Gasteiger partial charge in [0.25, 0.3) is 0 Å². The second kappa shape index (κ2) is 6.05. The van der Waals surface area contributed by atoms with Gasteiger partial charge in [0.15, 0.2) is 17.0 Å². The molecule has 132 valence electrons. The fraction of sp³-hybridized carbons (Fsp3) is 0.300. The predicted molar refractivity (Wildman–Crippen MR) is 101 cm³/mol. The van der Waals surface area contributed by atoms with Crippen LogP contribution in [0.5, 0.6) is 0 Å². The van der Waals surface area contributed by atoms with E-state index in [4.69, 9.17) is 9.97 Å². The van der Waals surface area contributed by atoms with E-state index < -0.39 is 0 Å². The van der Waals surface area contributed by atoms with Crippen molar-refractivity contribution >= 4 is 11.2 Å². The van der Waals surface area contributed by atoms with Gasteiger partial charge in [0.2, 0.25) is 0 Å². The van der Waals surface area contributed by atoms with Gasteiger partial charge in [-0.05, 0) is 24.1 Å². The highest BCUT2D eigenvalue weighted by atomic mass is 15.4. The number of nitrogens with zero attached hydrogens (tertiary/aromatic N) is 6. The third-order valence-corrected chi connectivity index (χ3v) is 4.28. The van der Waals surface area contributed by atoms with Gasteiger partial charge in [0.05, 0.1) is 6.54 Å². The van der Waals surface area contributed by atoms with Gasteiger partial charge in [0, 0.05) is 17.8 Å². The molecular weight excluding hydrogens is 324 g/mol. The first kappa shape index (κ1) is 16.4. The van der Waals surface area contributed by atoms with Crippen molar-refractivity contribution in [3.05, 3.63) is 65.7 Å². The molecule has 1 aromatic carbocycles. The van der Waals surface area contributed by atoms with Gasteiger partial charge in [-0.2, -0.15) is 0 Å². The van der Waals surface area contributed by atoms with Crippen LogP contribution in [0.15, 0.2) is 48.8 Å². The van der Waals surface area contributed by atoms with Crippen molar-refractivity contribution in [1.29, 1.82) is 0 Å². The molecule has 0 unspecified atom stereocenters.